The van der Waals surface area contributed by atoms with Crippen LogP contribution in [-0.4, -0.2) is 22.2 Å². The van der Waals surface area contributed by atoms with E-state index in [1.807, 2.05) is 12.1 Å². The largest absolute Gasteiger partial charge is 0.478 e. The van der Waals surface area contributed by atoms with Crippen molar-refractivity contribution in [1.82, 2.24) is 0 Å². The van der Waals surface area contributed by atoms with Gasteiger partial charge >= 0.3 is 11.9 Å². The van der Waals surface area contributed by atoms with Gasteiger partial charge in [-0.1, -0.05) is 47.5 Å². The van der Waals surface area contributed by atoms with Crippen molar-refractivity contribution in [3.63, 3.8) is 0 Å². The molecule has 184 valence electrons. The van der Waals surface area contributed by atoms with Gasteiger partial charge in [0.1, 0.15) is 0 Å². The van der Waals surface area contributed by atoms with Crippen molar-refractivity contribution in [2.75, 3.05) is 22.9 Å². The molecule has 4 rings (SSSR count). The Kier molecular flexibility index (Phi) is 7.93. The lowest BCUT2D eigenvalue weighted by atomic mass is 9.99. The number of aromatic carboxylic acids is 2. The molecule has 0 fully saturated rings. The Bertz CT molecular complexity index is 1360. The lowest BCUT2D eigenvalue weighted by molar-refractivity contribution is 0.0687. The first-order valence-corrected chi connectivity index (χ1v) is 11.1. The van der Waals surface area contributed by atoms with E-state index in [4.69, 9.17) is 56.3 Å². The Hall–Kier alpha value is -4.40. The van der Waals surface area contributed by atoms with Crippen molar-refractivity contribution >= 4 is 57.9 Å². The number of rotatable bonds is 4. The van der Waals surface area contributed by atoms with Gasteiger partial charge in [0.05, 0.1) is 32.5 Å². The summed E-state index contributed by atoms with van der Waals surface area (Å²) in [5.41, 5.74) is 26.8. The smallest absolute Gasteiger partial charge is 0.337 e. The zero-order valence-corrected chi connectivity index (χ0v) is 20.2. The molecule has 4 aromatic rings. The van der Waals surface area contributed by atoms with Gasteiger partial charge in [0.15, 0.2) is 0 Å². The van der Waals surface area contributed by atoms with E-state index in [-0.39, 0.29) is 22.5 Å². The second kappa shape index (κ2) is 10.9. The normalized spacial score (nSPS) is 10.3. The second-order valence-electron chi connectivity index (χ2n) is 7.69. The highest BCUT2D eigenvalue weighted by molar-refractivity contribution is 6.34. The molecule has 0 aromatic heterocycles. The lowest BCUT2D eigenvalue weighted by Crippen LogP contribution is -2.04. The fraction of sp³-hybridized carbons (Fsp3) is 0. The highest BCUT2D eigenvalue weighted by atomic mass is 35.5. The van der Waals surface area contributed by atoms with Gasteiger partial charge in [-0.15, -0.1) is 0 Å². The summed E-state index contributed by atoms with van der Waals surface area (Å²) in [4.78, 5) is 22.1. The number of carboxylic acids is 2. The molecule has 0 radical (unpaired) electrons. The van der Waals surface area contributed by atoms with Crippen molar-refractivity contribution in [2.24, 2.45) is 0 Å². The quantitative estimate of drug-likeness (QED) is 0.183. The van der Waals surface area contributed by atoms with E-state index < -0.39 is 11.9 Å². The summed E-state index contributed by atoms with van der Waals surface area (Å²) in [7, 11) is 0. The number of hydrogen-bond donors (Lipinski definition) is 6. The summed E-state index contributed by atoms with van der Waals surface area (Å²) in [5.74, 6) is -2.28. The number of hydrogen-bond acceptors (Lipinski definition) is 6. The molecule has 0 saturated heterocycles. The molecule has 0 heterocycles. The van der Waals surface area contributed by atoms with Crippen molar-refractivity contribution in [3.8, 4) is 22.3 Å². The minimum absolute atomic E-state index is 0.0313. The van der Waals surface area contributed by atoms with Crippen LogP contribution in [0.1, 0.15) is 20.7 Å². The van der Waals surface area contributed by atoms with Gasteiger partial charge < -0.3 is 33.1 Å². The van der Waals surface area contributed by atoms with E-state index in [0.29, 0.717) is 32.5 Å². The summed E-state index contributed by atoms with van der Waals surface area (Å²) >= 11 is 11.9. The maximum Gasteiger partial charge on any atom is 0.337 e. The zero-order valence-electron chi connectivity index (χ0n) is 18.7. The van der Waals surface area contributed by atoms with Crippen molar-refractivity contribution < 1.29 is 19.8 Å². The molecule has 10 heteroatoms. The minimum Gasteiger partial charge on any atom is -0.478 e. The average molecular weight is 525 g/mol. The predicted molar refractivity (Wildman–Crippen MR) is 145 cm³/mol. The van der Waals surface area contributed by atoms with Gasteiger partial charge in [-0.3, -0.25) is 0 Å². The summed E-state index contributed by atoms with van der Waals surface area (Å²) in [6, 6.07) is 19.9. The molecule has 10 N–H and O–H groups in total. The van der Waals surface area contributed by atoms with Gasteiger partial charge in [0.2, 0.25) is 0 Å². The Morgan fingerprint density at radius 2 is 0.778 bits per heavy atom. The average Bonchev–Trinajstić information content (AvgIpc) is 2.83. The van der Waals surface area contributed by atoms with Gasteiger partial charge in [-0.25, -0.2) is 9.59 Å². The van der Waals surface area contributed by atoms with Gasteiger partial charge in [-0.2, -0.15) is 0 Å². The number of carbonyl (C=O) groups is 2. The summed E-state index contributed by atoms with van der Waals surface area (Å²) in [6.07, 6.45) is 0. The van der Waals surface area contributed by atoms with Crippen LogP contribution in [-0.2, 0) is 0 Å². The van der Waals surface area contributed by atoms with Gasteiger partial charge in [-0.05, 0) is 70.8 Å². The second-order valence-corrected chi connectivity index (χ2v) is 8.50. The molecule has 0 unspecified atom stereocenters. The lowest BCUT2D eigenvalue weighted by Gasteiger charge is -2.08. The number of benzene rings is 4. The first kappa shape index (κ1) is 26.2. The van der Waals surface area contributed by atoms with Crippen LogP contribution < -0.4 is 22.9 Å². The van der Waals surface area contributed by atoms with Crippen molar-refractivity contribution in [2.45, 2.75) is 0 Å². The molecule has 0 spiro atoms. The first-order chi connectivity index (χ1) is 17.0. The number of nitrogen functional groups attached to an aromatic ring is 4. The van der Waals surface area contributed by atoms with E-state index in [9.17, 15) is 9.59 Å². The van der Waals surface area contributed by atoms with E-state index in [1.54, 1.807) is 36.4 Å². The Labute approximate surface area is 216 Å². The highest BCUT2D eigenvalue weighted by Crippen LogP contribution is 2.30. The van der Waals surface area contributed by atoms with Gasteiger partial charge in [0, 0.05) is 11.4 Å². The topological polar surface area (TPSA) is 179 Å². The van der Waals surface area contributed by atoms with E-state index >= 15 is 0 Å². The number of carboxylic acid groups (broad SMARTS) is 2. The third-order valence-electron chi connectivity index (χ3n) is 5.23. The first-order valence-electron chi connectivity index (χ1n) is 10.3. The van der Waals surface area contributed by atoms with Crippen molar-refractivity contribution in [3.05, 3.63) is 94.0 Å². The molecule has 0 amide bonds. The Morgan fingerprint density at radius 3 is 1.06 bits per heavy atom. The third-order valence-corrected chi connectivity index (χ3v) is 5.89. The molecule has 0 saturated carbocycles. The molecule has 4 aromatic carbocycles. The minimum atomic E-state index is -1.14. The van der Waals surface area contributed by atoms with Crippen LogP contribution in [0.4, 0.5) is 22.7 Å². The maximum atomic E-state index is 11.0. The van der Waals surface area contributed by atoms with Crippen LogP contribution in [0.25, 0.3) is 22.3 Å². The summed E-state index contributed by atoms with van der Waals surface area (Å²) < 4.78 is 0. The molecule has 0 aliphatic carbocycles. The Balaban J connectivity index is 0.000000205. The molecule has 0 atom stereocenters. The molecule has 0 aliphatic rings. The Morgan fingerprint density at radius 1 is 0.500 bits per heavy atom. The number of halogens is 2. The summed E-state index contributed by atoms with van der Waals surface area (Å²) in [6.45, 7) is 0. The summed E-state index contributed by atoms with van der Waals surface area (Å²) in [5, 5.41) is 19.1. The number of anilines is 4. The molecule has 8 nitrogen and oxygen atoms in total. The zero-order chi connectivity index (χ0) is 26.6. The molecule has 36 heavy (non-hydrogen) atoms. The van der Waals surface area contributed by atoms with Crippen LogP contribution in [0, 0.1) is 0 Å². The fourth-order valence-corrected chi connectivity index (χ4v) is 3.62. The van der Waals surface area contributed by atoms with E-state index in [1.165, 1.54) is 24.3 Å². The van der Waals surface area contributed by atoms with E-state index in [2.05, 4.69) is 0 Å². The van der Waals surface area contributed by atoms with E-state index in [0.717, 1.165) is 11.1 Å². The van der Waals surface area contributed by atoms with Crippen LogP contribution in [0.15, 0.2) is 72.8 Å². The monoisotopic (exact) mass is 524 g/mol. The standard InChI is InChI=1S/C14H12N2O4.C12H10Cl2N2/c15-11-3-1-7(5-9(11)13(17)18)8-2-4-12(16)10(6-8)14(19)20;13-9-5-7(1-3-11(9)15)8-2-4-12(16)10(14)6-8/h1-6H,15-16H2,(H,17,18)(H,19,20);1-6H,15-16H2. The van der Waals surface area contributed by atoms with Crippen LogP contribution in [0.5, 0.6) is 0 Å². The molecule has 0 bridgehead atoms. The molecule has 0 aliphatic heterocycles. The van der Waals surface area contributed by atoms with Gasteiger partial charge in [0.25, 0.3) is 0 Å². The van der Waals surface area contributed by atoms with Crippen LogP contribution in [0.2, 0.25) is 10.0 Å². The fourth-order valence-electron chi connectivity index (χ4n) is 3.26. The van der Waals surface area contributed by atoms with Crippen LogP contribution in [0.3, 0.4) is 0 Å². The van der Waals surface area contributed by atoms with Crippen LogP contribution >= 0.6 is 23.2 Å². The third kappa shape index (κ3) is 5.99. The highest BCUT2D eigenvalue weighted by Gasteiger charge is 2.13. The molecular weight excluding hydrogens is 503 g/mol. The van der Waals surface area contributed by atoms with Crippen molar-refractivity contribution in [1.29, 1.82) is 0 Å². The SMILES string of the molecule is Nc1ccc(-c2ccc(N)c(C(=O)O)c2)cc1C(=O)O.Nc1ccc(-c2ccc(N)c(Cl)c2)cc1Cl. The predicted octanol–water partition coefficient (Wildman–Crippen LogP) is 5.74. The maximum absolute atomic E-state index is 11.0. The molecular formula is C26H22Cl2N4O4. The number of nitrogens with two attached hydrogens (primary N) is 4.